The Balaban J connectivity index is 2.99. The van der Waals surface area contributed by atoms with Gasteiger partial charge in [0.05, 0.1) is 0 Å². The second-order valence-corrected chi connectivity index (χ2v) is 15.5. The van der Waals surface area contributed by atoms with Gasteiger partial charge in [0.2, 0.25) is 0 Å². The van der Waals surface area contributed by atoms with Crippen molar-refractivity contribution in [1.82, 2.24) is 0 Å². The van der Waals surface area contributed by atoms with Crippen LogP contribution in [0.1, 0.15) is 0 Å². The average Bonchev–Trinajstić information content (AvgIpc) is 2.08. The molecule has 82 valence electrons. The van der Waals surface area contributed by atoms with Gasteiger partial charge in [-0.1, -0.05) is 0 Å². The second-order valence-electron chi connectivity index (χ2n) is 1.11. The summed E-state index contributed by atoms with van der Waals surface area (Å²) in [6.45, 7) is 0. The summed E-state index contributed by atoms with van der Waals surface area (Å²) in [6, 6.07) is 0. The van der Waals surface area contributed by atoms with E-state index in [2.05, 4.69) is 5.04 Å². The van der Waals surface area contributed by atoms with Crippen molar-refractivity contribution < 1.29 is 18.1 Å². The van der Waals surface area contributed by atoms with Crippen molar-refractivity contribution in [3.8, 4) is 0 Å². The van der Waals surface area contributed by atoms with Gasteiger partial charge in [-0.15, -0.1) is 0 Å². The molecular formula is H2O6S6Sn2. The van der Waals surface area contributed by atoms with E-state index in [1.165, 1.54) is 39.3 Å². The van der Waals surface area contributed by atoms with Crippen LogP contribution in [0.4, 0.5) is 0 Å². The molecule has 6 nitrogen and oxygen atoms in total. The Labute approximate surface area is 119 Å². The molecule has 14 heteroatoms. The number of rotatable bonds is 9. The van der Waals surface area contributed by atoms with Crippen molar-refractivity contribution in [2.45, 2.75) is 0 Å². The molecule has 0 saturated heterocycles. The Morgan fingerprint density at radius 3 is 1.43 bits per heavy atom. The number of hydrogen-bond acceptors (Lipinski definition) is 10. The summed E-state index contributed by atoms with van der Waals surface area (Å²) in [4.78, 5) is 0. The molecule has 0 atom stereocenters. The van der Waals surface area contributed by atoms with Gasteiger partial charge in [0.15, 0.2) is 0 Å². The van der Waals surface area contributed by atoms with Crippen molar-refractivity contribution in [2.75, 3.05) is 0 Å². The van der Waals surface area contributed by atoms with E-state index < -0.39 is 41.1 Å². The summed E-state index contributed by atoms with van der Waals surface area (Å²) in [5.74, 6) is 0. The third kappa shape index (κ3) is 15.1. The molecule has 0 radical (unpaired) electrons. The molecule has 0 fully saturated rings. The SMILES string of the molecule is [O]=[Sn]([OH])[O]SSSSSS[O][Sn](=[O])[OH]. The predicted octanol–water partition coefficient (Wildman–Crippen LogP) is 1.64. The number of hydrogen-bond donors (Lipinski definition) is 2. The van der Waals surface area contributed by atoms with Gasteiger partial charge >= 0.3 is 121 Å². The molecule has 0 rings (SSSR count). The summed E-state index contributed by atoms with van der Waals surface area (Å²) in [7, 11) is 4.98. The second kappa shape index (κ2) is 12.6. The van der Waals surface area contributed by atoms with Crippen LogP contribution in [0.5, 0.6) is 0 Å². The van der Waals surface area contributed by atoms with Gasteiger partial charge in [-0.2, -0.15) is 0 Å². The molecule has 0 bridgehead atoms. The molecule has 0 heterocycles. The van der Waals surface area contributed by atoms with E-state index in [-0.39, 0.29) is 0 Å². The van der Waals surface area contributed by atoms with Crippen molar-refractivity contribution >= 4 is 103 Å². The Kier molecular flexibility index (Phi) is 15.4. The van der Waals surface area contributed by atoms with E-state index in [1.54, 1.807) is 0 Å². The molecule has 0 aromatic rings. The molecule has 0 aliphatic heterocycles. The van der Waals surface area contributed by atoms with Gasteiger partial charge in [-0.3, -0.25) is 0 Å². The van der Waals surface area contributed by atoms with Crippen LogP contribution in [0.2, 0.25) is 0 Å². The fourth-order valence-corrected chi connectivity index (χ4v) is 15.9. The maximum atomic E-state index is 10.1. The van der Waals surface area contributed by atoms with E-state index in [4.69, 9.17) is 6.89 Å². The summed E-state index contributed by atoms with van der Waals surface area (Å²) in [6.07, 6.45) is 0. The average molecular weight is 528 g/mol. The van der Waals surface area contributed by atoms with Crippen LogP contribution in [0, 0.1) is 0 Å². The van der Waals surface area contributed by atoms with Crippen LogP contribution in [0.3, 0.4) is 0 Å². The normalized spacial score (nSPS) is 10.1. The molecule has 0 amide bonds. The van der Waals surface area contributed by atoms with Crippen LogP contribution < -0.4 is 0 Å². The van der Waals surface area contributed by atoms with Gasteiger partial charge in [-0.05, 0) is 0 Å². The van der Waals surface area contributed by atoms with Gasteiger partial charge in [-0.25, -0.2) is 0 Å². The summed E-state index contributed by atoms with van der Waals surface area (Å²) in [5, 5.41) is 0. The van der Waals surface area contributed by atoms with E-state index in [0.29, 0.717) is 0 Å². The third-order valence-corrected chi connectivity index (χ3v) is 15.2. The molecule has 0 aromatic heterocycles. The summed E-state index contributed by atoms with van der Waals surface area (Å²) >= 11 is -5.63. The van der Waals surface area contributed by atoms with Crippen LogP contribution in [0.15, 0.2) is 0 Å². The Morgan fingerprint density at radius 1 is 0.786 bits per heavy atom. The Hall–Kier alpha value is 3.14. The first-order chi connectivity index (χ1) is 6.63. The molecule has 2 N–H and O–H groups in total. The summed E-state index contributed by atoms with van der Waals surface area (Å²) < 4.78 is 45.7. The third-order valence-electron chi connectivity index (χ3n) is 0.350. The molecular weight excluding hydrogens is 526 g/mol. The first-order valence-electron chi connectivity index (χ1n) is 2.43. The van der Waals surface area contributed by atoms with Gasteiger partial charge < -0.3 is 0 Å². The maximum absolute atomic E-state index is 10.1. The molecule has 0 spiro atoms. The fraction of sp³-hybridized carbons (Fsp3) is 0. The summed E-state index contributed by atoms with van der Waals surface area (Å²) in [5.41, 5.74) is 0. The quantitative estimate of drug-likeness (QED) is 0.198. The van der Waals surface area contributed by atoms with Crippen molar-refractivity contribution in [1.29, 1.82) is 0 Å². The monoisotopic (exact) mass is 530 g/mol. The van der Waals surface area contributed by atoms with Gasteiger partial charge in [0.25, 0.3) is 0 Å². The molecule has 0 aliphatic carbocycles. The zero-order valence-corrected chi connectivity index (χ0v) is 16.6. The van der Waals surface area contributed by atoms with Crippen LogP contribution >= 0.6 is 61.5 Å². The van der Waals surface area contributed by atoms with Crippen LogP contribution in [-0.2, 0) is 11.2 Å². The van der Waals surface area contributed by atoms with E-state index in [1.807, 2.05) is 0 Å². The minimum absolute atomic E-state index is 0.847. The zero-order valence-electron chi connectivity index (χ0n) is 5.98. The van der Waals surface area contributed by atoms with Crippen LogP contribution in [0.25, 0.3) is 0 Å². The Bertz CT molecular complexity index is 165. The van der Waals surface area contributed by atoms with E-state index in [0.717, 1.165) is 22.1 Å². The first kappa shape index (κ1) is 17.1. The minimum atomic E-state index is -3.66. The van der Waals surface area contributed by atoms with E-state index >= 15 is 0 Å². The molecule has 0 saturated carbocycles. The topological polar surface area (TPSA) is 93.1 Å². The zero-order chi connectivity index (χ0) is 10.8. The molecule has 14 heavy (non-hydrogen) atoms. The standard InChI is InChI=1S/H2O2S6.2H2O.2O.2Sn/c1-3-5-7-8-6-4-2;;;;;;/h1-2H;2*1H2;;;;/q;;;;;2*+2/p-4. The Morgan fingerprint density at radius 2 is 1.14 bits per heavy atom. The van der Waals surface area contributed by atoms with Crippen molar-refractivity contribution in [2.24, 2.45) is 0 Å². The molecule has 0 unspecified atom stereocenters. The first-order valence-corrected chi connectivity index (χ1v) is 17.0. The predicted molar refractivity (Wildman–Crippen MR) is 65.0 cm³/mol. The van der Waals surface area contributed by atoms with Crippen LogP contribution in [-0.4, -0.2) is 48.0 Å². The molecule has 0 aliphatic rings. The van der Waals surface area contributed by atoms with Gasteiger partial charge in [0, 0.05) is 0 Å². The van der Waals surface area contributed by atoms with Crippen molar-refractivity contribution in [3.63, 3.8) is 0 Å². The fourth-order valence-electron chi connectivity index (χ4n) is 0.131. The van der Waals surface area contributed by atoms with Crippen molar-refractivity contribution in [3.05, 3.63) is 0 Å². The molecule has 0 aromatic carbocycles. The van der Waals surface area contributed by atoms with E-state index in [9.17, 15) is 6.15 Å². The van der Waals surface area contributed by atoms with Gasteiger partial charge in [0.1, 0.15) is 0 Å².